The molecule has 1 aliphatic carbocycles. The third kappa shape index (κ3) is 2.28. The van der Waals surface area contributed by atoms with Gasteiger partial charge in [0.15, 0.2) is 5.78 Å². The van der Waals surface area contributed by atoms with Gasteiger partial charge >= 0.3 is 0 Å². The number of amides is 2. The molecule has 1 aromatic carbocycles. The van der Waals surface area contributed by atoms with Crippen LogP contribution < -0.4 is 0 Å². The van der Waals surface area contributed by atoms with Crippen LogP contribution in [0.1, 0.15) is 54.7 Å². The number of carbonyl (C=O) groups excluding carboxylic acids is 3. The molecule has 0 N–H and O–H groups in total. The standard InChI is InChI=1S/C18H19NO3/c1-18(2,3)17(22)12-5-4-11-6-7-14(13(11)10-12)19-15(20)8-9-16(19)21/h4-5,8-10,14H,6-7H2,1-3H3/t14-/m0/s1. The molecule has 114 valence electrons. The first-order chi connectivity index (χ1) is 10.3. The van der Waals surface area contributed by atoms with Crippen LogP contribution in [0.4, 0.5) is 0 Å². The maximum absolute atomic E-state index is 12.5. The van der Waals surface area contributed by atoms with E-state index in [4.69, 9.17) is 0 Å². The van der Waals surface area contributed by atoms with E-state index in [2.05, 4.69) is 0 Å². The van der Waals surface area contributed by atoms with Crippen LogP contribution in [0.5, 0.6) is 0 Å². The van der Waals surface area contributed by atoms with Gasteiger partial charge in [-0.15, -0.1) is 0 Å². The molecule has 4 nitrogen and oxygen atoms in total. The summed E-state index contributed by atoms with van der Waals surface area (Å²) < 4.78 is 0. The largest absolute Gasteiger partial charge is 0.294 e. The Morgan fingerprint density at radius 3 is 2.36 bits per heavy atom. The number of benzene rings is 1. The van der Waals surface area contributed by atoms with Crippen LogP contribution in [-0.4, -0.2) is 22.5 Å². The molecule has 0 fully saturated rings. The van der Waals surface area contributed by atoms with Crippen LogP contribution in [0, 0.1) is 5.41 Å². The van der Waals surface area contributed by atoms with Crippen LogP contribution in [0.2, 0.25) is 0 Å². The summed E-state index contributed by atoms with van der Waals surface area (Å²) >= 11 is 0. The molecule has 1 aromatic rings. The Balaban J connectivity index is 1.98. The fraction of sp³-hybridized carbons (Fsp3) is 0.389. The number of carbonyl (C=O) groups is 3. The molecule has 2 aliphatic rings. The Kier molecular flexibility index (Phi) is 3.28. The first kappa shape index (κ1) is 14.7. The van der Waals surface area contributed by atoms with Crippen molar-refractivity contribution in [3.8, 4) is 0 Å². The first-order valence-corrected chi connectivity index (χ1v) is 7.52. The fourth-order valence-corrected chi connectivity index (χ4v) is 3.14. The van der Waals surface area contributed by atoms with Gasteiger partial charge in [0.2, 0.25) is 0 Å². The van der Waals surface area contributed by atoms with Crippen LogP contribution >= 0.6 is 0 Å². The maximum atomic E-state index is 12.5. The van der Waals surface area contributed by atoms with Crippen molar-refractivity contribution in [3.05, 3.63) is 47.0 Å². The summed E-state index contributed by atoms with van der Waals surface area (Å²) in [6, 6.07) is 5.41. The maximum Gasteiger partial charge on any atom is 0.254 e. The quantitative estimate of drug-likeness (QED) is 0.623. The molecule has 0 saturated heterocycles. The highest BCUT2D eigenvalue weighted by Crippen LogP contribution is 2.38. The predicted octanol–water partition coefficient (Wildman–Crippen LogP) is 2.83. The molecule has 0 saturated carbocycles. The molecule has 0 radical (unpaired) electrons. The molecule has 0 bridgehead atoms. The monoisotopic (exact) mass is 297 g/mol. The number of fused-ring (bicyclic) bond motifs is 1. The highest BCUT2D eigenvalue weighted by Gasteiger charge is 2.36. The lowest BCUT2D eigenvalue weighted by atomic mass is 9.85. The van der Waals surface area contributed by atoms with Crippen molar-refractivity contribution in [2.75, 3.05) is 0 Å². The smallest absolute Gasteiger partial charge is 0.254 e. The molecule has 1 atom stereocenters. The van der Waals surface area contributed by atoms with Gasteiger partial charge in [-0.25, -0.2) is 0 Å². The summed E-state index contributed by atoms with van der Waals surface area (Å²) in [6.07, 6.45) is 4.16. The fourth-order valence-electron chi connectivity index (χ4n) is 3.14. The number of hydrogen-bond acceptors (Lipinski definition) is 3. The van der Waals surface area contributed by atoms with E-state index >= 15 is 0 Å². The number of aryl methyl sites for hydroxylation is 1. The van der Waals surface area contributed by atoms with Crippen LogP contribution in [-0.2, 0) is 16.0 Å². The van der Waals surface area contributed by atoms with E-state index in [-0.39, 0.29) is 23.6 Å². The molecule has 0 spiro atoms. The molecule has 22 heavy (non-hydrogen) atoms. The molecule has 4 heteroatoms. The second kappa shape index (κ2) is 4.90. The van der Waals surface area contributed by atoms with Gasteiger partial charge in [-0.2, -0.15) is 0 Å². The van der Waals surface area contributed by atoms with E-state index in [0.29, 0.717) is 5.56 Å². The van der Waals surface area contributed by atoms with Crippen LogP contribution in [0.15, 0.2) is 30.4 Å². The SMILES string of the molecule is CC(C)(C)C(=O)c1ccc2c(c1)[C@@H](N1C(=O)C=CC1=O)CC2. The molecule has 0 unspecified atom stereocenters. The molecule has 0 aromatic heterocycles. The van der Waals surface area contributed by atoms with Gasteiger partial charge in [0.25, 0.3) is 11.8 Å². The van der Waals surface area contributed by atoms with E-state index in [1.54, 1.807) is 0 Å². The van der Waals surface area contributed by atoms with Gasteiger partial charge in [-0.3, -0.25) is 19.3 Å². The van der Waals surface area contributed by atoms with Crippen molar-refractivity contribution in [2.24, 2.45) is 5.41 Å². The van der Waals surface area contributed by atoms with E-state index in [9.17, 15) is 14.4 Å². The van der Waals surface area contributed by atoms with Gasteiger partial charge in [0, 0.05) is 23.1 Å². The van der Waals surface area contributed by atoms with Crippen molar-refractivity contribution in [2.45, 2.75) is 39.7 Å². The van der Waals surface area contributed by atoms with Crippen molar-refractivity contribution < 1.29 is 14.4 Å². The normalized spacial score (nSPS) is 20.7. The molecule has 1 heterocycles. The lowest BCUT2D eigenvalue weighted by molar-refractivity contribution is -0.139. The minimum atomic E-state index is -0.455. The van der Waals surface area contributed by atoms with Crippen molar-refractivity contribution in [3.63, 3.8) is 0 Å². The molecule has 1 aliphatic heterocycles. The highest BCUT2D eigenvalue weighted by molar-refractivity contribution is 6.13. The third-order valence-corrected chi connectivity index (χ3v) is 4.29. The van der Waals surface area contributed by atoms with Crippen molar-refractivity contribution >= 4 is 17.6 Å². The molecule has 2 amide bonds. The summed E-state index contributed by atoms with van der Waals surface area (Å²) in [4.78, 5) is 37.6. The number of hydrogen-bond donors (Lipinski definition) is 0. The number of Topliss-reactive ketones (excluding diaryl/α,β-unsaturated/α-hetero) is 1. The van der Waals surface area contributed by atoms with E-state index in [1.807, 2.05) is 39.0 Å². The number of rotatable bonds is 2. The topological polar surface area (TPSA) is 54.5 Å². The van der Waals surface area contributed by atoms with Crippen molar-refractivity contribution in [1.29, 1.82) is 0 Å². The molecule has 3 rings (SSSR count). The first-order valence-electron chi connectivity index (χ1n) is 7.52. The third-order valence-electron chi connectivity index (χ3n) is 4.29. The average molecular weight is 297 g/mol. The molecular formula is C18H19NO3. The Labute approximate surface area is 129 Å². The summed E-state index contributed by atoms with van der Waals surface area (Å²) in [5, 5.41) is 0. The van der Waals surface area contributed by atoms with Crippen LogP contribution in [0.25, 0.3) is 0 Å². The highest BCUT2D eigenvalue weighted by atomic mass is 16.2. The number of imide groups is 1. The van der Waals surface area contributed by atoms with Gasteiger partial charge in [-0.1, -0.05) is 32.9 Å². The Morgan fingerprint density at radius 1 is 1.14 bits per heavy atom. The second-order valence-electron chi connectivity index (χ2n) is 6.93. The van der Waals surface area contributed by atoms with Crippen molar-refractivity contribution in [1.82, 2.24) is 4.90 Å². The second-order valence-corrected chi connectivity index (χ2v) is 6.93. The summed E-state index contributed by atoms with van der Waals surface area (Å²) in [7, 11) is 0. The Bertz CT molecular complexity index is 692. The van der Waals surface area contributed by atoms with Gasteiger partial charge in [0.05, 0.1) is 6.04 Å². The zero-order chi connectivity index (χ0) is 16.1. The van der Waals surface area contributed by atoms with Gasteiger partial charge in [0.1, 0.15) is 0 Å². The van der Waals surface area contributed by atoms with E-state index in [0.717, 1.165) is 24.0 Å². The number of nitrogens with zero attached hydrogens (tertiary/aromatic N) is 1. The van der Waals surface area contributed by atoms with Crippen LogP contribution in [0.3, 0.4) is 0 Å². The summed E-state index contributed by atoms with van der Waals surface area (Å²) in [5.74, 6) is -0.469. The van der Waals surface area contributed by atoms with Gasteiger partial charge < -0.3 is 0 Å². The predicted molar refractivity (Wildman–Crippen MR) is 82.3 cm³/mol. The lowest BCUT2D eigenvalue weighted by Gasteiger charge is -2.24. The van der Waals surface area contributed by atoms with E-state index in [1.165, 1.54) is 17.1 Å². The van der Waals surface area contributed by atoms with E-state index < -0.39 is 5.41 Å². The Hall–Kier alpha value is -2.23. The summed E-state index contributed by atoms with van der Waals surface area (Å²) in [6.45, 7) is 5.66. The Morgan fingerprint density at radius 2 is 1.77 bits per heavy atom. The zero-order valence-electron chi connectivity index (χ0n) is 13.1. The zero-order valence-corrected chi connectivity index (χ0v) is 13.1. The minimum absolute atomic E-state index is 0.0677. The average Bonchev–Trinajstić information content (AvgIpc) is 3.00. The minimum Gasteiger partial charge on any atom is -0.294 e. The van der Waals surface area contributed by atoms with Gasteiger partial charge in [-0.05, 0) is 30.0 Å². The summed E-state index contributed by atoms with van der Waals surface area (Å²) in [5.41, 5.74) is 2.23. The lowest BCUT2D eigenvalue weighted by Crippen LogP contribution is -2.33. The number of ketones is 1. The molecular weight excluding hydrogens is 278 g/mol.